The molecule has 0 atom stereocenters. The second-order valence-electron chi connectivity index (χ2n) is 10.4. The lowest BCUT2D eigenvalue weighted by Crippen LogP contribution is -2.00. The quantitative estimate of drug-likeness (QED) is 0.193. The maximum atomic E-state index is 9.46. The topological polar surface area (TPSA) is 51.8 Å². The van der Waals surface area contributed by atoms with E-state index in [1.807, 2.05) is 0 Å². The molecule has 2 aromatic heterocycles. The summed E-state index contributed by atoms with van der Waals surface area (Å²) in [5.74, 6) is -0.342. The summed E-state index contributed by atoms with van der Waals surface area (Å²) in [6.45, 7) is 0. The lowest BCUT2D eigenvalue weighted by atomic mass is 9.98. The van der Waals surface area contributed by atoms with E-state index in [1.54, 1.807) is 66.7 Å². The summed E-state index contributed by atoms with van der Waals surface area (Å²) in [6, 6.07) is 8.43. The number of nitrogens with zero attached hydrogens (tertiary/aromatic N) is 3. The largest absolute Gasteiger partial charge is 0.456 e. The van der Waals surface area contributed by atoms with Crippen LogP contribution in [0, 0.1) is 0 Å². The molecule has 0 unspecified atom stereocenters. The fourth-order valence-corrected chi connectivity index (χ4v) is 5.38. The SMILES string of the molecule is [2H]c1c([2H])c([2H])c(-c2cc(-c3nc(-c4ccccc4)nc(-c4c([2H])c([2H])c5c([2H])c(-c6c([2H])c([2H])c([2H])c([2H])c6[2H])c([2H])c([2H])c5c4[2H])n3)c3c(c2)oc2ccccc23)c([2H])c1[2H]. The molecule has 0 amide bonds. The Morgan fingerprint density at radius 1 is 0.447 bits per heavy atom. The van der Waals surface area contributed by atoms with Crippen LogP contribution >= 0.6 is 0 Å². The van der Waals surface area contributed by atoms with Gasteiger partial charge in [0.15, 0.2) is 17.5 Å². The van der Waals surface area contributed by atoms with E-state index < -0.39 is 119 Å². The lowest BCUT2D eigenvalue weighted by molar-refractivity contribution is 0.669. The molecule has 0 aliphatic rings. The molecular weight excluding hydrogens is 574 g/mol. The highest BCUT2D eigenvalue weighted by Crippen LogP contribution is 2.40. The molecular formula is C43H27N3O. The number of furan rings is 1. The van der Waals surface area contributed by atoms with Gasteiger partial charge in [-0.05, 0) is 63.3 Å². The Kier molecular flexibility index (Phi) is 3.64. The summed E-state index contributed by atoms with van der Waals surface area (Å²) in [5, 5.41) is 0.236. The van der Waals surface area contributed by atoms with Gasteiger partial charge >= 0.3 is 0 Å². The molecule has 0 fully saturated rings. The van der Waals surface area contributed by atoms with Gasteiger partial charge in [-0.2, -0.15) is 0 Å². The maximum Gasteiger partial charge on any atom is 0.164 e. The Morgan fingerprint density at radius 3 is 1.79 bits per heavy atom. The Hall–Kier alpha value is -6.39. The third kappa shape index (κ3) is 4.93. The van der Waals surface area contributed by atoms with E-state index in [-0.39, 0.29) is 45.3 Å². The van der Waals surface area contributed by atoms with Crippen molar-refractivity contribution in [3.63, 3.8) is 0 Å². The number of hydrogen-bond acceptors (Lipinski definition) is 4. The number of aromatic nitrogens is 3. The minimum absolute atomic E-state index is 0.0418. The van der Waals surface area contributed by atoms with Gasteiger partial charge in [-0.15, -0.1) is 0 Å². The van der Waals surface area contributed by atoms with Crippen molar-refractivity contribution in [1.29, 1.82) is 0 Å². The van der Waals surface area contributed by atoms with E-state index in [0.717, 1.165) is 0 Å². The van der Waals surface area contributed by atoms with E-state index in [0.29, 0.717) is 21.9 Å². The molecule has 0 bridgehead atoms. The third-order valence-corrected chi connectivity index (χ3v) is 7.52. The first-order valence-electron chi connectivity index (χ1n) is 22.4. The smallest absolute Gasteiger partial charge is 0.164 e. The zero-order valence-corrected chi connectivity index (χ0v) is 24.1. The second kappa shape index (κ2) is 11.2. The molecule has 220 valence electrons. The summed E-state index contributed by atoms with van der Waals surface area (Å²) >= 11 is 0. The number of rotatable bonds is 5. The van der Waals surface area contributed by atoms with Crippen LogP contribution in [0.5, 0.6) is 0 Å². The highest BCUT2D eigenvalue weighted by molar-refractivity contribution is 6.13. The second-order valence-corrected chi connectivity index (χ2v) is 10.4. The summed E-state index contributed by atoms with van der Waals surface area (Å²) in [6.07, 6.45) is 0. The predicted octanol–water partition coefficient (Wildman–Crippen LogP) is 11.3. The van der Waals surface area contributed by atoms with Crippen LogP contribution in [0.3, 0.4) is 0 Å². The van der Waals surface area contributed by atoms with Crippen molar-refractivity contribution >= 4 is 32.7 Å². The predicted molar refractivity (Wildman–Crippen MR) is 192 cm³/mol. The minimum Gasteiger partial charge on any atom is -0.456 e. The van der Waals surface area contributed by atoms with E-state index >= 15 is 0 Å². The van der Waals surface area contributed by atoms with E-state index in [2.05, 4.69) is 4.98 Å². The van der Waals surface area contributed by atoms with Crippen molar-refractivity contribution in [2.45, 2.75) is 0 Å². The molecule has 9 rings (SSSR count). The van der Waals surface area contributed by atoms with Gasteiger partial charge in [-0.25, -0.2) is 15.0 Å². The van der Waals surface area contributed by atoms with Crippen LogP contribution in [-0.4, -0.2) is 15.0 Å². The maximum absolute atomic E-state index is 9.46. The first kappa shape index (κ1) is 15.3. The zero-order valence-electron chi connectivity index (χ0n) is 40.1. The molecule has 7 aromatic carbocycles. The van der Waals surface area contributed by atoms with E-state index in [1.165, 1.54) is 0 Å². The van der Waals surface area contributed by atoms with Crippen molar-refractivity contribution in [2.75, 3.05) is 0 Å². The van der Waals surface area contributed by atoms with Gasteiger partial charge < -0.3 is 4.42 Å². The molecule has 0 radical (unpaired) electrons. The molecule has 4 heteroatoms. The Morgan fingerprint density at radius 2 is 1.04 bits per heavy atom. The lowest BCUT2D eigenvalue weighted by Gasteiger charge is -2.12. The van der Waals surface area contributed by atoms with Crippen molar-refractivity contribution in [1.82, 2.24) is 15.0 Å². The summed E-state index contributed by atoms with van der Waals surface area (Å²) in [5.41, 5.74) is 0.0125. The zero-order chi connectivity index (χ0) is 45.1. The third-order valence-electron chi connectivity index (χ3n) is 7.52. The normalized spacial score (nSPS) is 16.2. The minimum atomic E-state index is -0.748. The van der Waals surface area contributed by atoms with Crippen molar-refractivity contribution in [3.8, 4) is 56.4 Å². The van der Waals surface area contributed by atoms with E-state index in [4.69, 9.17) is 32.2 Å². The molecule has 0 N–H and O–H groups in total. The highest BCUT2D eigenvalue weighted by Gasteiger charge is 2.19. The van der Waals surface area contributed by atoms with E-state index in [9.17, 15) is 4.11 Å². The van der Waals surface area contributed by atoms with Crippen LogP contribution < -0.4 is 0 Å². The summed E-state index contributed by atoms with van der Waals surface area (Å²) in [7, 11) is 0. The fraction of sp³-hybridized carbons (Fsp3) is 0. The Labute approximate surface area is 294 Å². The Balaban J connectivity index is 1.38. The highest BCUT2D eigenvalue weighted by atomic mass is 16.3. The number of hydrogen-bond donors (Lipinski definition) is 0. The summed E-state index contributed by atoms with van der Waals surface area (Å²) in [4.78, 5) is 14.3. The van der Waals surface area contributed by atoms with Crippen LogP contribution in [0.2, 0.25) is 0 Å². The van der Waals surface area contributed by atoms with Crippen LogP contribution in [-0.2, 0) is 0 Å². The van der Waals surface area contributed by atoms with Crippen LogP contribution in [0.1, 0.15) is 21.9 Å². The molecule has 0 aliphatic heterocycles. The average molecular weight is 618 g/mol. The first-order valence-corrected chi connectivity index (χ1v) is 14.4. The molecule has 0 saturated heterocycles. The van der Waals surface area contributed by atoms with Crippen molar-refractivity contribution in [2.24, 2.45) is 0 Å². The van der Waals surface area contributed by atoms with Crippen LogP contribution in [0.25, 0.3) is 89.1 Å². The van der Waals surface area contributed by atoms with Gasteiger partial charge in [0, 0.05) is 27.5 Å². The average Bonchev–Trinajstić information content (AvgIpc) is 3.66. The van der Waals surface area contributed by atoms with Gasteiger partial charge in [0.05, 0.1) is 21.9 Å². The van der Waals surface area contributed by atoms with Gasteiger partial charge in [-0.1, -0.05) is 133 Å². The van der Waals surface area contributed by atoms with Gasteiger partial charge in [0.25, 0.3) is 0 Å². The molecule has 0 saturated carbocycles. The van der Waals surface area contributed by atoms with Crippen LogP contribution in [0.4, 0.5) is 0 Å². The Bertz CT molecular complexity index is 3430. The summed E-state index contributed by atoms with van der Waals surface area (Å²) < 4.78 is 145. The number of fused-ring (bicyclic) bond motifs is 4. The number of para-hydroxylation sites is 1. The molecule has 0 aliphatic carbocycles. The molecule has 4 nitrogen and oxygen atoms in total. The standard InChI is InChI=1S/C43H27N3O/c1-4-12-28(13-5-1)31-20-21-33-25-34(23-22-32(33)24-31)42-44-41(30-16-8-3-9-17-30)45-43(46-42)37-26-35(29-14-6-2-7-15-29)27-39-40(37)36-18-10-11-19-38(36)47-39/h1-27H/i1D,2D,4D,5D,6D,7D,12D,13D,14D,15D,20D,21D,22D,23D,24D,25D. The monoisotopic (exact) mass is 617 g/mol. The fourth-order valence-electron chi connectivity index (χ4n) is 5.38. The van der Waals surface area contributed by atoms with Gasteiger partial charge in [-0.3, -0.25) is 0 Å². The van der Waals surface area contributed by atoms with Crippen molar-refractivity contribution < 1.29 is 26.3 Å². The van der Waals surface area contributed by atoms with Crippen LogP contribution in [0.15, 0.2) is 168 Å². The van der Waals surface area contributed by atoms with Gasteiger partial charge in [0.2, 0.25) is 0 Å². The van der Waals surface area contributed by atoms with Gasteiger partial charge in [0.1, 0.15) is 11.2 Å². The molecule has 47 heavy (non-hydrogen) atoms. The molecule has 2 heterocycles. The number of benzene rings is 7. The molecule has 9 aromatic rings. The molecule has 0 spiro atoms. The first-order chi connectivity index (χ1) is 29.9. The van der Waals surface area contributed by atoms with Crippen molar-refractivity contribution in [3.05, 3.63) is 163 Å².